The Balaban J connectivity index is 1.59. The van der Waals surface area contributed by atoms with Gasteiger partial charge in [0.2, 0.25) is 0 Å². The monoisotopic (exact) mass is 355 g/mol. The van der Waals surface area contributed by atoms with E-state index in [4.69, 9.17) is 4.99 Å². The lowest BCUT2D eigenvalue weighted by molar-refractivity contribution is 0.316. The van der Waals surface area contributed by atoms with Crippen LogP contribution in [0.1, 0.15) is 52.9 Å². The molecule has 3 fully saturated rings. The third-order valence-electron chi connectivity index (χ3n) is 6.32. The van der Waals surface area contributed by atoms with E-state index in [9.17, 15) is 8.42 Å². The SMILES string of the molecule is CCNC(=NCCC1CC2CCC1C2)N1CCS(=O)(=O)C(C)(C)C1. The molecule has 2 bridgehead atoms. The first-order chi connectivity index (χ1) is 11.3. The Morgan fingerprint density at radius 1 is 1.29 bits per heavy atom. The summed E-state index contributed by atoms with van der Waals surface area (Å²) >= 11 is 0. The molecule has 1 N–H and O–H groups in total. The van der Waals surface area contributed by atoms with Gasteiger partial charge in [0.15, 0.2) is 15.8 Å². The second-order valence-corrected chi connectivity index (χ2v) is 11.2. The molecule has 0 spiro atoms. The zero-order valence-corrected chi connectivity index (χ0v) is 16.2. The minimum atomic E-state index is -3.01. The Morgan fingerprint density at radius 3 is 2.67 bits per heavy atom. The van der Waals surface area contributed by atoms with Crippen LogP contribution in [0, 0.1) is 17.8 Å². The van der Waals surface area contributed by atoms with Crippen LogP contribution in [0.3, 0.4) is 0 Å². The van der Waals surface area contributed by atoms with Gasteiger partial charge >= 0.3 is 0 Å². The van der Waals surface area contributed by atoms with Gasteiger partial charge < -0.3 is 10.2 Å². The van der Waals surface area contributed by atoms with Gasteiger partial charge in [0.05, 0.1) is 10.5 Å². The molecule has 0 aromatic heterocycles. The summed E-state index contributed by atoms with van der Waals surface area (Å²) in [5.41, 5.74) is 0. The van der Waals surface area contributed by atoms with Crippen molar-refractivity contribution in [3.05, 3.63) is 0 Å². The van der Waals surface area contributed by atoms with Crippen LogP contribution in [0.4, 0.5) is 0 Å². The zero-order valence-electron chi connectivity index (χ0n) is 15.4. The Hall–Kier alpha value is -0.780. The predicted molar refractivity (Wildman–Crippen MR) is 99.0 cm³/mol. The van der Waals surface area contributed by atoms with E-state index in [1.165, 1.54) is 32.1 Å². The molecule has 3 atom stereocenters. The Bertz CT molecular complexity index is 585. The molecule has 2 saturated carbocycles. The van der Waals surface area contributed by atoms with Crippen molar-refractivity contribution < 1.29 is 8.42 Å². The highest BCUT2D eigenvalue weighted by atomic mass is 32.2. The third kappa shape index (κ3) is 3.58. The Morgan fingerprint density at radius 2 is 2.08 bits per heavy atom. The van der Waals surface area contributed by atoms with E-state index in [2.05, 4.69) is 17.1 Å². The summed E-state index contributed by atoms with van der Waals surface area (Å²) in [5.74, 6) is 3.92. The summed E-state index contributed by atoms with van der Waals surface area (Å²) in [6, 6.07) is 0. The fourth-order valence-electron chi connectivity index (χ4n) is 4.82. The van der Waals surface area contributed by atoms with Gasteiger partial charge in [-0.05, 0) is 64.2 Å². The molecule has 2 aliphatic carbocycles. The molecule has 3 unspecified atom stereocenters. The second-order valence-electron chi connectivity index (χ2n) is 8.46. The van der Waals surface area contributed by atoms with Crippen LogP contribution < -0.4 is 5.32 Å². The fourth-order valence-corrected chi connectivity index (χ4v) is 6.18. The van der Waals surface area contributed by atoms with E-state index < -0.39 is 14.6 Å². The molecule has 5 nitrogen and oxygen atoms in total. The molecule has 1 aliphatic heterocycles. The maximum Gasteiger partial charge on any atom is 0.193 e. The number of nitrogens with one attached hydrogen (secondary N) is 1. The lowest BCUT2D eigenvalue weighted by Crippen LogP contribution is -2.57. The van der Waals surface area contributed by atoms with Crippen LogP contribution in [0.15, 0.2) is 4.99 Å². The van der Waals surface area contributed by atoms with Gasteiger partial charge in [-0.25, -0.2) is 8.42 Å². The summed E-state index contributed by atoms with van der Waals surface area (Å²) in [7, 11) is -3.01. The molecule has 1 saturated heterocycles. The van der Waals surface area contributed by atoms with Crippen molar-refractivity contribution in [3.8, 4) is 0 Å². The van der Waals surface area contributed by atoms with Crippen LogP contribution in [0.25, 0.3) is 0 Å². The number of aliphatic imine (C=N–C) groups is 1. The maximum atomic E-state index is 12.2. The minimum absolute atomic E-state index is 0.219. The number of hydrogen-bond donors (Lipinski definition) is 1. The summed E-state index contributed by atoms with van der Waals surface area (Å²) in [6.07, 6.45) is 6.92. The molecule has 1 heterocycles. The van der Waals surface area contributed by atoms with Crippen LogP contribution >= 0.6 is 0 Å². The molecule has 138 valence electrons. The standard InChI is InChI=1S/C18H33N3O2S/c1-4-19-17(21-9-10-24(22,23)18(2,3)13-21)20-8-7-16-12-14-5-6-15(16)11-14/h14-16H,4-13H2,1-3H3,(H,19,20). The molecule has 0 aromatic rings. The zero-order chi connectivity index (χ0) is 17.4. The molecule has 6 heteroatoms. The van der Waals surface area contributed by atoms with E-state index in [0.717, 1.165) is 36.8 Å². The van der Waals surface area contributed by atoms with Gasteiger partial charge in [0.1, 0.15) is 0 Å². The Labute approximate surface area is 147 Å². The van der Waals surface area contributed by atoms with Crippen molar-refractivity contribution in [2.45, 2.75) is 57.6 Å². The molecule has 0 aromatic carbocycles. The van der Waals surface area contributed by atoms with Crippen LogP contribution in [0.2, 0.25) is 0 Å². The topological polar surface area (TPSA) is 61.8 Å². The quantitative estimate of drug-likeness (QED) is 0.621. The van der Waals surface area contributed by atoms with Gasteiger partial charge in [-0.3, -0.25) is 4.99 Å². The van der Waals surface area contributed by atoms with Crippen molar-refractivity contribution >= 4 is 15.8 Å². The third-order valence-corrected chi connectivity index (χ3v) is 8.86. The molecule has 0 amide bonds. The second kappa shape index (κ2) is 6.85. The highest BCUT2D eigenvalue weighted by Crippen LogP contribution is 2.49. The largest absolute Gasteiger partial charge is 0.357 e. The first-order valence-corrected chi connectivity index (χ1v) is 11.2. The Kier molecular flexibility index (Phi) is 5.14. The minimum Gasteiger partial charge on any atom is -0.357 e. The maximum absolute atomic E-state index is 12.2. The van der Waals surface area contributed by atoms with Gasteiger partial charge in [-0.15, -0.1) is 0 Å². The van der Waals surface area contributed by atoms with E-state index in [0.29, 0.717) is 13.1 Å². The van der Waals surface area contributed by atoms with Crippen LogP contribution in [-0.2, 0) is 9.84 Å². The summed E-state index contributed by atoms with van der Waals surface area (Å²) in [5, 5.41) is 3.36. The fraction of sp³-hybridized carbons (Fsp3) is 0.944. The molecule has 0 radical (unpaired) electrons. The van der Waals surface area contributed by atoms with Crippen molar-refractivity contribution in [2.24, 2.45) is 22.7 Å². The number of nitrogens with zero attached hydrogens (tertiary/aromatic N) is 2. The van der Waals surface area contributed by atoms with Gasteiger partial charge in [0.25, 0.3) is 0 Å². The molecule has 3 aliphatic rings. The van der Waals surface area contributed by atoms with Crippen molar-refractivity contribution in [2.75, 3.05) is 31.9 Å². The lowest BCUT2D eigenvalue weighted by Gasteiger charge is -2.39. The van der Waals surface area contributed by atoms with Gasteiger partial charge in [-0.2, -0.15) is 0 Å². The first kappa shape index (κ1) is 18.0. The molecule has 3 rings (SSSR count). The highest BCUT2D eigenvalue weighted by molar-refractivity contribution is 7.92. The summed E-state index contributed by atoms with van der Waals surface area (Å²) in [6.45, 7) is 8.47. The first-order valence-electron chi connectivity index (χ1n) is 9.58. The lowest BCUT2D eigenvalue weighted by atomic mass is 9.86. The average Bonchev–Trinajstić information content (AvgIpc) is 3.12. The highest BCUT2D eigenvalue weighted by Gasteiger charge is 2.41. The van der Waals surface area contributed by atoms with Crippen LogP contribution in [-0.4, -0.2) is 56.0 Å². The normalized spacial score (nSPS) is 34.5. The van der Waals surface area contributed by atoms with Gasteiger partial charge in [-0.1, -0.05) is 6.42 Å². The average molecular weight is 356 g/mol. The number of guanidine groups is 1. The van der Waals surface area contributed by atoms with Crippen molar-refractivity contribution in [1.82, 2.24) is 10.2 Å². The number of sulfone groups is 1. The number of fused-ring (bicyclic) bond motifs is 2. The van der Waals surface area contributed by atoms with E-state index in [1.807, 2.05) is 13.8 Å². The van der Waals surface area contributed by atoms with E-state index >= 15 is 0 Å². The van der Waals surface area contributed by atoms with Crippen molar-refractivity contribution in [3.63, 3.8) is 0 Å². The van der Waals surface area contributed by atoms with Crippen LogP contribution in [0.5, 0.6) is 0 Å². The number of rotatable bonds is 4. The predicted octanol–water partition coefficient (Wildman–Crippen LogP) is 2.29. The summed E-state index contributed by atoms with van der Waals surface area (Å²) < 4.78 is 23.7. The smallest absolute Gasteiger partial charge is 0.193 e. The molecular weight excluding hydrogens is 322 g/mol. The summed E-state index contributed by atoms with van der Waals surface area (Å²) in [4.78, 5) is 6.96. The molecule has 24 heavy (non-hydrogen) atoms. The van der Waals surface area contributed by atoms with Gasteiger partial charge in [0, 0.05) is 26.2 Å². The number of hydrogen-bond acceptors (Lipinski definition) is 3. The van der Waals surface area contributed by atoms with E-state index in [1.54, 1.807) is 0 Å². The van der Waals surface area contributed by atoms with Crippen molar-refractivity contribution in [1.29, 1.82) is 0 Å². The van der Waals surface area contributed by atoms with E-state index in [-0.39, 0.29) is 5.75 Å². The molecular formula is C18H33N3O2S.